The van der Waals surface area contributed by atoms with Gasteiger partial charge in [0, 0.05) is 0 Å². The van der Waals surface area contributed by atoms with Crippen molar-refractivity contribution in [1.29, 1.82) is 0 Å². The number of rotatable bonds is 21. The zero-order chi connectivity index (χ0) is 20.9. The van der Waals surface area contributed by atoms with E-state index in [1.54, 1.807) is 0 Å². The molecule has 0 aromatic heterocycles. The van der Waals surface area contributed by atoms with E-state index < -0.39 is 0 Å². The summed E-state index contributed by atoms with van der Waals surface area (Å²) in [5.41, 5.74) is 0. The van der Waals surface area contributed by atoms with Gasteiger partial charge in [0.2, 0.25) is 0 Å². The van der Waals surface area contributed by atoms with Crippen molar-refractivity contribution in [2.45, 2.75) is 150 Å². The molecule has 0 N–H and O–H groups in total. The van der Waals surface area contributed by atoms with Crippen molar-refractivity contribution in [3.05, 3.63) is 12.2 Å². The van der Waals surface area contributed by atoms with Gasteiger partial charge in [0.15, 0.2) is 0 Å². The highest BCUT2D eigenvalue weighted by Gasteiger charge is 2.05. The molecule has 3 atom stereocenters. The van der Waals surface area contributed by atoms with Crippen LogP contribution >= 0.6 is 0 Å². The number of allylic oxidation sites excluding steroid dienone is 2. The molecule has 0 bridgehead atoms. The molecule has 0 amide bonds. The van der Waals surface area contributed by atoms with Crippen molar-refractivity contribution in [3.63, 3.8) is 0 Å². The lowest BCUT2D eigenvalue weighted by Crippen LogP contribution is -1.99. The summed E-state index contributed by atoms with van der Waals surface area (Å²) in [6.07, 6.45) is 30.3. The third kappa shape index (κ3) is 20.5. The molecule has 0 aliphatic carbocycles. The van der Waals surface area contributed by atoms with Crippen LogP contribution in [0.2, 0.25) is 0 Å². The van der Waals surface area contributed by atoms with Gasteiger partial charge in [-0.1, -0.05) is 143 Å². The first-order valence-corrected chi connectivity index (χ1v) is 13.2. The molecule has 0 aliphatic rings. The van der Waals surface area contributed by atoms with E-state index in [0.717, 1.165) is 17.8 Å². The highest BCUT2D eigenvalue weighted by atomic mass is 14.1. The summed E-state index contributed by atoms with van der Waals surface area (Å²) in [6.45, 7) is 11.9. The normalized spacial score (nSPS) is 15.2. The quantitative estimate of drug-likeness (QED) is 0.134. The standard InChI is InChI=1S/C28H56/c1-6-8-20-26(3)22-18-16-14-12-10-11-13-15-17-19-23-28(5)25-24-27(4)21-9-7-2/h17,19,26-28H,6-16,18,20-25H2,1-5H3/b19-17+. The molecule has 0 heteroatoms. The molecule has 0 saturated carbocycles. The predicted octanol–water partition coefficient (Wildman–Crippen LogP) is 10.5. The van der Waals surface area contributed by atoms with Gasteiger partial charge in [-0.3, -0.25) is 0 Å². The monoisotopic (exact) mass is 392 g/mol. The fourth-order valence-corrected chi connectivity index (χ4v) is 4.17. The topological polar surface area (TPSA) is 0 Å². The summed E-state index contributed by atoms with van der Waals surface area (Å²) in [4.78, 5) is 0. The maximum Gasteiger partial charge on any atom is -0.0325 e. The van der Waals surface area contributed by atoms with Gasteiger partial charge in [-0.15, -0.1) is 0 Å². The lowest BCUT2D eigenvalue weighted by atomic mass is 9.92. The molecule has 0 saturated heterocycles. The molecule has 0 spiro atoms. The van der Waals surface area contributed by atoms with Crippen LogP contribution in [0.5, 0.6) is 0 Å². The zero-order valence-electron chi connectivity index (χ0n) is 20.6. The summed E-state index contributed by atoms with van der Waals surface area (Å²) in [7, 11) is 0. The van der Waals surface area contributed by atoms with E-state index in [1.165, 1.54) is 116 Å². The van der Waals surface area contributed by atoms with Gasteiger partial charge < -0.3 is 0 Å². The highest BCUT2D eigenvalue weighted by molar-refractivity contribution is 4.83. The van der Waals surface area contributed by atoms with E-state index in [-0.39, 0.29) is 0 Å². The molecule has 0 aromatic rings. The van der Waals surface area contributed by atoms with Crippen LogP contribution in [-0.4, -0.2) is 0 Å². The lowest BCUT2D eigenvalue weighted by Gasteiger charge is -2.14. The molecule has 0 heterocycles. The fourth-order valence-electron chi connectivity index (χ4n) is 4.17. The van der Waals surface area contributed by atoms with E-state index in [0.29, 0.717) is 0 Å². The molecule has 0 radical (unpaired) electrons. The molecular weight excluding hydrogens is 336 g/mol. The van der Waals surface area contributed by atoms with Gasteiger partial charge in [-0.05, 0) is 37.0 Å². The largest absolute Gasteiger partial charge is 0.0885 e. The van der Waals surface area contributed by atoms with Crippen LogP contribution in [0.1, 0.15) is 150 Å². The van der Waals surface area contributed by atoms with Gasteiger partial charge in [-0.2, -0.15) is 0 Å². The lowest BCUT2D eigenvalue weighted by molar-refractivity contribution is 0.405. The van der Waals surface area contributed by atoms with Gasteiger partial charge in [0.05, 0.1) is 0 Å². The van der Waals surface area contributed by atoms with Crippen LogP contribution in [0, 0.1) is 17.8 Å². The minimum Gasteiger partial charge on any atom is -0.0885 e. The second-order valence-corrected chi connectivity index (χ2v) is 9.94. The second kappa shape index (κ2) is 21.4. The van der Waals surface area contributed by atoms with Crippen LogP contribution in [0.25, 0.3) is 0 Å². The minimum absolute atomic E-state index is 0.866. The molecule has 0 aromatic carbocycles. The van der Waals surface area contributed by atoms with Crippen LogP contribution < -0.4 is 0 Å². The molecule has 28 heavy (non-hydrogen) atoms. The van der Waals surface area contributed by atoms with E-state index in [1.807, 2.05) is 0 Å². The first-order valence-electron chi connectivity index (χ1n) is 13.2. The average Bonchev–Trinajstić information content (AvgIpc) is 2.69. The summed E-state index contributed by atoms with van der Waals surface area (Å²) in [6, 6.07) is 0. The molecule has 0 aliphatic heterocycles. The van der Waals surface area contributed by atoms with Crippen molar-refractivity contribution >= 4 is 0 Å². The molecule has 0 rings (SSSR count). The first-order chi connectivity index (χ1) is 13.6. The van der Waals surface area contributed by atoms with Gasteiger partial charge in [0.25, 0.3) is 0 Å². The molecule has 3 unspecified atom stereocenters. The maximum atomic E-state index is 2.46. The Kier molecular flexibility index (Phi) is 21.2. The maximum absolute atomic E-state index is 2.46. The Balaban J connectivity index is 3.35. The summed E-state index contributed by atoms with van der Waals surface area (Å²) in [5, 5.41) is 0. The number of hydrogen-bond acceptors (Lipinski definition) is 0. The van der Waals surface area contributed by atoms with Crippen molar-refractivity contribution < 1.29 is 0 Å². The zero-order valence-corrected chi connectivity index (χ0v) is 20.6. The van der Waals surface area contributed by atoms with Crippen LogP contribution in [0.4, 0.5) is 0 Å². The van der Waals surface area contributed by atoms with E-state index >= 15 is 0 Å². The third-order valence-electron chi connectivity index (χ3n) is 6.53. The summed E-state index contributed by atoms with van der Waals surface area (Å²) in [5.74, 6) is 2.75. The Morgan fingerprint density at radius 2 is 0.929 bits per heavy atom. The SMILES string of the molecule is CCCCC(C)CCCCCCCCC/C=C/CC(C)CCC(C)CCCC. The van der Waals surface area contributed by atoms with Crippen molar-refractivity contribution in [3.8, 4) is 0 Å². The molecule has 0 fully saturated rings. The summed E-state index contributed by atoms with van der Waals surface area (Å²) < 4.78 is 0. The molecule has 168 valence electrons. The Morgan fingerprint density at radius 3 is 1.54 bits per heavy atom. The Bertz CT molecular complexity index is 316. The van der Waals surface area contributed by atoms with E-state index in [4.69, 9.17) is 0 Å². The van der Waals surface area contributed by atoms with E-state index in [9.17, 15) is 0 Å². The van der Waals surface area contributed by atoms with Crippen molar-refractivity contribution in [2.75, 3.05) is 0 Å². The molecular formula is C28H56. The number of hydrogen-bond donors (Lipinski definition) is 0. The predicted molar refractivity (Wildman–Crippen MR) is 131 cm³/mol. The van der Waals surface area contributed by atoms with Gasteiger partial charge in [-0.25, -0.2) is 0 Å². The van der Waals surface area contributed by atoms with Crippen LogP contribution in [-0.2, 0) is 0 Å². The molecule has 0 nitrogen and oxygen atoms in total. The Morgan fingerprint density at radius 1 is 0.464 bits per heavy atom. The average molecular weight is 393 g/mol. The first kappa shape index (κ1) is 27.7. The van der Waals surface area contributed by atoms with Crippen molar-refractivity contribution in [2.24, 2.45) is 17.8 Å². The van der Waals surface area contributed by atoms with Gasteiger partial charge in [0.1, 0.15) is 0 Å². The van der Waals surface area contributed by atoms with Gasteiger partial charge >= 0.3 is 0 Å². The summed E-state index contributed by atoms with van der Waals surface area (Å²) >= 11 is 0. The van der Waals surface area contributed by atoms with Crippen LogP contribution in [0.3, 0.4) is 0 Å². The Labute approximate surface area is 180 Å². The Hall–Kier alpha value is -0.260. The van der Waals surface area contributed by atoms with Crippen molar-refractivity contribution in [1.82, 2.24) is 0 Å². The second-order valence-electron chi connectivity index (χ2n) is 9.94. The van der Waals surface area contributed by atoms with E-state index in [2.05, 4.69) is 46.8 Å². The fraction of sp³-hybridized carbons (Fsp3) is 0.929. The highest BCUT2D eigenvalue weighted by Crippen LogP contribution is 2.20. The minimum atomic E-state index is 0.866. The van der Waals surface area contributed by atoms with Crippen LogP contribution in [0.15, 0.2) is 12.2 Å². The number of unbranched alkanes of at least 4 members (excludes halogenated alkanes) is 9. The third-order valence-corrected chi connectivity index (χ3v) is 6.53. The smallest absolute Gasteiger partial charge is 0.0325 e.